The lowest BCUT2D eigenvalue weighted by Gasteiger charge is -2.13. The van der Waals surface area contributed by atoms with Gasteiger partial charge in [-0.15, -0.1) is 0 Å². The number of nitrogens with one attached hydrogen (secondary N) is 2. The van der Waals surface area contributed by atoms with Gasteiger partial charge in [0.05, 0.1) is 0 Å². The van der Waals surface area contributed by atoms with E-state index in [1.807, 2.05) is 37.3 Å². The molecule has 0 aromatic heterocycles. The number of para-hydroxylation sites is 1. The van der Waals surface area contributed by atoms with Gasteiger partial charge in [0.2, 0.25) is 5.91 Å². The van der Waals surface area contributed by atoms with Crippen LogP contribution in [0.15, 0.2) is 46.9 Å². The summed E-state index contributed by atoms with van der Waals surface area (Å²) >= 11 is 3.48. The van der Waals surface area contributed by atoms with E-state index >= 15 is 0 Å². The summed E-state index contributed by atoms with van der Waals surface area (Å²) in [5.74, 6) is 0.299. The van der Waals surface area contributed by atoms with Crippen LogP contribution in [0.2, 0.25) is 0 Å². The summed E-state index contributed by atoms with van der Waals surface area (Å²) in [4.78, 5) is 12.3. The summed E-state index contributed by atoms with van der Waals surface area (Å²) in [7, 11) is 0. The van der Waals surface area contributed by atoms with E-state index in [-0.39, 0.29) is 11.8 Å². The van der Waals surface area contributed by atoms with E-state index in [2.05, 4.69) is 38.7 Å². The fourth-order valence-electron chi connectivity index (χ4n) is 2.71. The average molecular weight is 345 g/mol. The van der Waals surface area contributed by atoms with Crippen molar-refractivity contribution in [2.24, 2.45) is 0 Å². The molecule has 3 nitrogen and oxygen atoms in total. The molecule has 0 radical (unpaired) electrons. The Morgan fingerprint density at radius 1 is 1.29 bits per heavy atom. The van der Waals surface area contributed by atoms with Gasteiger partial charge in [-0.25, -0.2) is 0 Å². The summed E-state index contributed by atoms with van der Waals surface area (Å²) < 4.78 is 1.01. The largest absolute Gasteiger partial charge is 0.384 e. The van der Waals surface area contributed by atoms with E-state index in [4.69, 9.17) is 0 Å². The zero-order chi connectivity index (χ0) is 14.8. The van der Waals surface area contributed by atoms with E-state index in [0.29, 0.717) is 6.42 Å². The summed E-state index contributed by atoms with van der Waals surface area (Å²) in [5, 5.41) is 6.36. The number of anilines is 2. The van der Waals surface area contributed by atoms with Crippen LogP contribution in [0.4, 0.5) is 11.4 Å². The predicted molar refractivity (Wildman–Crippen MR) is 89.8 cm³/mol. The van der Waals surface area contributed by atoms with Crippen molar-refractivity contribution in [2.75, 3.05) is 17.2 Å². The molecule has 0 saturated carbocycles. The Kier molecular flexibility index (Phi) is 3.97. The van der Waals surface area contributed by atoms with Crippen molar-refractivity contribution in [1.82, 2.24) is 0 Å². The monoisotopic (exact) mass is 344 g/mol. The van der Waals surface area contributed by atoms with Crippen LogP contribution in [0.1, 0.15) is 23.5 Å². The van der Waals surface area contributed by atoms with Gasteiger partial charge in [-0.05, 0) is 36.2 Å². The first kappa shape index (κ1) is 14.1. The zero-order valence-corrected chi connectivity index (χ0v) is 13.4. The van der Waals surface area contributed by atoms with E-state index in [0.717, 1.165) is 28.0 Å². The third kappa shape index (κ3) is 2.95. The van der Waals surface area contributed by atoms with E-state index in [9.17, 15) is 4.79 Å². The van der Waals surface area contributed by atoms with Gasteiger partial charge in [0, 0.05) is 34.7 Å². The van der Waals surface area contributed by atoms with Crippen molar-refractivity contribution in [3.05, 3.63) is 58.1 Å². The molecule has 21 heavy (non-hydrogen) atoms. The highest BCUT2D eigenvalue weighted by atomic mass is 79.9. The highest BCUT2D eigenvalue weighted by molar-refractivity contribution is 9.10. The predicted octanol–water partition coefficient (Wildman–Crippen LogP) is 4.30. The van der Waals surface area contributed by atoms with Crippen molar-refractivity contribution in [1.29, 1.82) is 0 Å². The van der Waals surface area contributed by atoms with Crippen LogP contribution in [-0.2, 0) is 4.79 Å². The van der Waals surface area contributed by atoms with Crippen LogP contribution < -0.4 is 10.6 Å². The van der Waals surface area contributed by atoms with Crippen molar-refractivity contribution in [3.63, 3.8) is 0 Å². The maximum atomic E-state index is 12.3. The zero-order valence-electron chi connectivity index (χ0n) is 11.8. The van der Waals surface area contributed by atoms with Gasteiger partial charge in [0.1, 0.15) is 0 Å². The van der Waals surface area contributed by atoms with E-state index < -0.39 is 0 Å². The standard InChI is InChI=1S/C17H17BrN2O/c1-11-14(18)6-4-8-15(11)20-17(21)9-12-10-19-16-7-3-2-5-13(12)16/h2-8,12,19H,9-10H2,1H3,(H,20,21). The Bertz CT molecular complexity index is 684. The highest BCUT2D eigenvalue weighted by Crippen LogP contribution is 2.33. The molecular weight excluding hydrogens is 328 g/mol. The molecule has 1 aliphatic heterocycles. The number of carbonyl (C=O) groups excluding carboxylic acids is 1. The molecule has 3 rings (SSSR count). The van der Waals surface area contributed by atoms with Crippen LogP contribution >= 0.6 is 15.9 Å². The first-order valence-electron chi connectivity index (χ1n) is 7.03. The minimum Gasteiger partial charge on any atom is -0.384 e. The molecule has 0 saturated heterocycles. The average Bonchev–Trinajstić information content (AvgIpc) is 2.87. The second kappa shape index (κ2) is 5.90. The van der Waals surface area contributed by atoms with Crippen molar-refractivity contribution < 1.29 is 4.79 Å². The molecule has 1 atom stereocenters. The molecule has 108 valence electrons. The summed E-state index contributed by atoms with van der Waals surface area (Å²) in [5.41, 5.74) is 4.30. The molecule has 1 unspecified atom stereocenters. The number of carbonyl (C=O) groups is 1. The molecule has 1 aliphatic rings. The lowest BCUT2D eigenvalue weighted by atomic mass is 9.97. The number of benzene rings is 2. The Balaban J connectivity index is 1.69. The molecule has 1 amide bonds. The van der Waals surface area contributed by atoms with Crippen molar-refractivity contribution >= 4 is 33.2 Å². The molecule has 2 N–H and O–H groups in total. The molecule has 1 heterocycles. The summed E-state index contributed by atoms with van der Waals surface area (Å²) in [6.07, 6.45) is 0.496. The number of hydrogen-bond donors (Lipinski definition) is 2. The molecule has 0 aliphatic carbocycles. The van der Waals surface area contributed by atoms with E-state index in [1.165, 1.54) is 5.56 Å². The fraction of sp³-hybridized carbons (Fsp3) is 0.235. The second-order valence-electron chi connectivity index (χ2n) is 5.33. The van der Waals surface area contributed by atoms with Crippen LogP contribution in [0.5, 0.6) is 0 Å². The molecule has 4 heteroatoms. The second-order valence-corrected chi connectivity index (χ2v) is 6.18. The first-order valence-corrected chi connectivity index (χ1v) is 7.82. The molecule has 0 fully saturated rings. The Morgan fingerprint density at radius 3 is 2.95 bits per heavy atom. The Hall–Kier alpha value is -1.81. The maximum Gasteiger partial charge on any atom is 0.225 e. The lowest BCUT2D eigenvalue weighted by Crippen LogP contribution is -2.17. The quantitative estimate of drug-likeness (QED) is 0.871. The third-order valence-electron chi connectivity index (χ3n) is 3.91. The van der Waals surface area contributed by atoms with Gasteiger partial charge < -0.3 is 10.6 Å². The molecule has 2 aromatic rings. The van der Waals surface area contributed by atoms with Gasteiger partial charge in [-0.1, -0.05) is 40.2 Å². The van der Waals surface area contributed by atoms with Gasteiger partial charge in [0.25, 0.3) is 0 Å². The number of halogens is 1. The smallest absolute Gasteiger partial charge is 0.225 e. The number of fused-ring (bicyclic) bond motifs is 1. The molecular formula is C17H17BrN2O. The number of hydrogen-bond acceptors (Lipinski definition) is 2. The summed E-state index contributed by atoms with van der Waals surface area (Å²) in [6.45, 7) is 2.82. The minimum absolute atomic E-state index is 0.0553. The lowest BCUT2D eigenvalue weighted by molar-refractivity contribution is -0.116. The number of amides is 1. The van der Waals surface area contributed by atoms with Gasteiger partial charge in [-0.2, -0.15) is 0 Å². The fourth-order valence-corrected chi connectivity index (χ4v) is 3.07. The molecule has 0 spiro atoms. The van der Waals surface area contributed by atoms with Crippen LogP contribution in [0.3, 0.4) is 0 Å². The highest BCUT2D eigenvalue weighted by Gasteiger charge is 2.24. The first-order chi connectivity index (χ1) is 10.1. The molecule has 0 bridgehead atoms. The van der Waals surface area contributed by atoms with Gasteiger partial charge in [-0.3, -0.25) is 4.79 Å². The normalized spacial score (nSPS) is 16.2. The third-order valence-corrected chi connectivity index (χ3v) is 4.77. The van der Waals surface area contributed by atoms with Crippen LogP contribution in [0.25, 0.3) is 0 Å². The van der Waals surface area contributed by atoms with Crippen LogP contribution in [-0.4, -0.2) is 12.5 Å². The Morgan fingerprint density at radius 2 is 2.10 bits per heavy atom. The number of rotatable bonds is 3. The van der Waals surface area contributed by atoms with Gasteiger partial charge >= 0.3 is 0 Å². The molecule has 2 aromatic carbocycles. The topological polar surface area (TPSA) is 41.1 Å². The maximum absolute atomic E-state index is 12.3. The summed E-state index contributed by atoms with van der Waals surface area (Å²) in [6, 6.07) is 14.0. The van der Waals surface area contributed by atoms with Crippen molar-refractivity contribution in [2.45, 2.75) is 19.3 Å². The van der Waals surface area contributed by atoms with Gasteiger partial charge in [0.15, 0.2) is 0 Å². The SMILES string of the molecule is Cc1c(Br)cccc1NC(=O)CC1CNc2ccccc21. The minimum atomic E-state index is 0.0553. The van der Waals surface area contributed by atoms with Crippen molar-refractivity contribution in [3.8, 4) is 0 Å². The Labute approximate surface area is 132 Å². The van der Waals surface area contributed by atoms with Crippen LogP contribution in [0, 0.1) is 6.92 Å². The van der Waals surface area contributed by atoms with E-state index in [1.54, 1.807) is 0 Å².